The molecule has 0 aromatic heterocycles. The molecule has 0 radical (unpaired) electrons. The Balaban J connectivity index is 2.41. The lowest BCUT2D eigenvalue weighted by Gasteiger charge is -2.30. The van der Waals surface area contributed by atoms with Gasteiger partial charge in [-0.15, -0.1) is 0 Å². The van der Waals surface area contributed by atoms with E-state index in [1.165, 1.54) is 0 Å². The second kappa shape index (κ2) is 6.04. The van der Waals surface area contributed by atoms with Crippen molar-refractivity contribution in [3.05, 3.63) is 0 Å². The molecular weight excluding hydrogens is 236 g/mol. The van der Waals surface area contributed by atoms with Gasteiger partial charge in [0.1, 0.15) is 11.6 Å². The maximum atomic E-state index is 11.5. The van der Waals surface area contributed by atoms with Crippen LogP contribution in [-0.2, 0) is 9.53 Å². The zero-order valence-electron chi connectivity index (χ0n) is 11.2. The molecule has 1 amide bonds. The van der Waals surface area contributed by atoms with Crippen LogP contribution < -0.4 is 10.6 Å². The minimum atomic E-state index is -0.870. The normalized spacial score (nSPS) is 24.4. The zero-order chi connectivity index (χ0) is 13.8. The molecule has 104 valence electrons. The Hall–Kier alpha value is -1.30. The van der Waals surface area contributed by atoms with Gasteiger partial charge in [0, 0.05) is 12.5 Å². The van der Waals surface area contributed by atoms with Gasteiger partial charge < -0.3 is 20.5 Å². The van der Waals surface area contributed by atoms with Crippen LogP contribution in [0.3, 0.4) is 0 Å². The standard InChI is InChI=1S/C12H22N2O4/c1-12(2,3)18-11(17)14-7-8-5-4-6-13-9(8)10(15)16/h8-9,13H,4-7H2,1-3H3,(H,14,17)(H,15,16). The number of aliphatic carboxylic acids is 1. The molecule has 1 aliphatic heterocycles. The molecule has 6 heteroatoms. The Kier molecular flexibility index (Phi) is 4.95. The summed E-state index contributed by atoms with van der Waals surface area (Å²) in [7, 11) is 0. The summed E-state index contributed by atoms with van der Waals surface area (Å²) in [6, 6.07) is -0.589. The van der Waals surface area contributed by atoms with Gasteiger partial charge >= 0.3 is 12.1 Å². The van der Waals surface area contributed by atoms with Gasteiger partial charge in [-0.3, -0.25) is 4.79 Å². The van der Waals surface area contributed by atoms with Gasteiger partial charge in [0.05, 0.1) is 0 Å². The highest BCUT2D eigenvalue weighted by molar-refractivity contribution is 5.74. The first-order valence-corrected chi connectivity index (χ1v) is 6.22. The Morgan fingerprint density at radius 1 is 1.44 bits per heavy atom. The van der Waals surface area contributed by atoms with E-state index < -0.39 is 23.7 Å². The summed E-state index contributed by atoms with van der Waals surface area (Å²) in [6.45, 7) is 6.39. The van der Waals surface area contributed by atoms with Gasteiger partial charge in [-0.05, 0) is 40.2 Å². The van der Waals surface area contributed by atoms with E-state index in [1.54, 1.807) is 20.8 Å². The number of rotatable bonds is 3. The number of carboxylic acids is 1. The van der Waals surface area contributed by atoms with E-state index in [-0.39, 0.29) is 5.92 Å². The molecule has 18 heavy (non-hydrogen) atoms. The van der Waals surface area contributed by atoms with Gasteiger partial charge in [0.15, 0.2) is 0 Å². The van der Waals surface area contributed by atoms with Crippen molar-refractivity contribution in [2.75, 3.05) is 13.1 Å². The average molecular weight is 258 g/mol. The van der Waals surface area contributed by atoms with Crippen LogP contribution in [-0.4, -0.2) is 41.9 Å². The summed E-state index contributed by atoms with van der Waals surface area (Å²) in [5, 5.41) is 14.6. The van der Waals surface area contributed by atoms with Gasteiger partial charge in [-0.1, -0.05) is 0 Å². The molecule has 0 saturated carbocycles. The summed E-state index contributed by atoms with van der Waals surface area (Å²) in [5.41, 5.74) is -0.541. The van der Waals surface area contributed by atoms with Crippen LogP contribution in [0, 0.1) is 5.92 Å². The smallest absolute Gasteiger partial charge is 0.407 e. The largest absolute Gasteiger partial charge is 0.480 e. The first-order chi connectivity index (χ1) is 8.29. The van der Waals surface area contributed by atoms with E-state index in [0.29, 0.717) is 13.1 Å². The highest BCUT2D eigenvalue weighted by Crippen LogP contribution is 2.16. The average Bonchev–Trinajstić information content (AvgIpc) is 2.24. The molecule has 0 aliphatic carbocycles. The van der Waals surface area contributed by atoms with Gasteiger partial charge in [-0.25, -0.2) is 4.79 Å². The number of hydrogen-bond acceptors (Lipinski definition) is 4. The van der Waals surface area contributed by atoms with Crippen LogP contribution in [0.1, 0.15) is 33.6 Å². The molecule has 2 unspecified atom stereocenters. The number of carbonyl (C=O) groups excluding carboxylic acids is 1. The second-order valence-corrected chi connectivity index (χ2v) is 5.56. The Morgan fingerprint density at radius 2 is 2.11 bits per heavy atom. The first-order valence-electron chi connectivity index (χ1n) is 6.22. The molecule has 2 atom stereocenters. The topological polar surface area (TPSA) is 87.7 Å². The fraction of sp³-hybridized carbons (Fsp3) is 0.833. The minimum Gasteiger partial charge on any atom is -0.480 e. The Labute approximate surface area is 107 Å². The number of hydrogen-bond donors (Lipinski definition) is 3. The van der Waals surface area contributed by atoms with E-state index in [4.69, 9.17) is 9.84 Å². The van der Waals surface area contributed by atoms with Gasteiger partial charge in [0.2, 0.25) is 0 Å². The molecule has 1 rings (SSSR count). The predicted molar refractivity (Wildman–Crippen MR) is 66.4 cm³/mol. The molecule has 0 spiro atoms. The summed E-state index contributed by atoms with van der Waals surface area (Å²) in [6.07, 6.45) is 1.21. The lowest BCUT2D eigenvalue weighted by atomic mass is 9.91. The molecule has 1 fully saturated rings. The number of carboxylic acid groups (broad SMARTS) is 1. The van der Waals surface area contributed by atoms with Gasteiger partial charge in [-0.2, -0.15) is 0 Å². The van der Waals surface area contributed by atoms with Crippen molar-refractivity contribution in [3.63, 3.8) is 0 Å². The number of amides is 1. The first kappa shape index (κ1) is 14.8. The third-order valence-electron chi connectivity index (χ3n) is 2.76. The maximum absolute atomic E-state index is 11.5. The van der Waals surface area contributed by atoms with Crippen LogP contribution in [0.15, 0.2) is 0 Å². The van der Waals surface area contributed by atoms with Gasteiger partial charge in [0.25, 0.3) is 0 Å². The number of piperidine rings is 1. The zero-order valence-corrected chi connectivity index (χ0v) is 11.2. The molecular formula is C12H22N2O4. The molecule has 6 nitrogen and oxygen atoms in total. The van der Waals surface area contributed by atoms with Crippen LogP contribution in [0.4, 0.5) is 4.79 Å². The summed E-state index contributed by atoms with van der Waals surface area (Å²) >= 11 is 0. The van der Waals surface area contributed by atoms with Crippen molar-refractivity contribution in [1.29, 1.82) is 0 Å². The monoisotopic (exact) mass is 258 g/mol. The fourth-order valence-electron chi connectivity index (χ4n) is 1.99. The summed E-state index contributed by atoms with van der Waals surface area (Å²) < 4.78 is 5.11. The van der Waals surface area contributed by atoms with E-state index >= 15 is 0 Å². The van der Waals surface area contributed by atoms with Crippen molar-refractivity contribution in [2.45, 2.75) is 45.3 Å². The van der Waals surface area contributed by atoms with E-state index in [1.807, 2.05) is 0 Å². The Morgan fingerprint density at radius 3 is 2.67 bits per heavy atom. The Bertz CT molecular complexity index is 312. The van der Waals surface area contributed by atoms with Crippen LogP contribution >= 0.6 is 0 Å². The molecule has 1 aliphatic rings. The lowest BCUT2D eigenvalue weighted by molar-refractivity contribution is -0.141. The summed E-state index contributed by atoms with van der Waals surface area (Å²) in [4.78, 5) is 22.5. The molecule has 1 heterocycles. The van der Waals surface area contributed by atoms with Crippen LogP contribution in [0.25, 0.3) is 0 Å². The minimum absolute atomic E-state index is 0.0937. The number of alkyl carbamates (subject to hydrolysis) is 1. The highest BCUT2D eigenvalue weighted by atomic mass is 16.6. The highest BCUT2D eigenvalue weighted by Gasteiger charge is 2.30. The molecule has 0 aromatic carbocycles. The molecule has 1 saturated heterocycles. The van der Waals surface area contributed by atoms with E-state index in [9.17, 15) is 9.59 Å². The number of ether oxygens (including phenoxy) is 1. The predicted octanol–water partition coefficient (Wildman–Crippen LogP) is 0.964. The third-order valence-corrected chi connectivity index (χ3v) is 2.76. The second-order valence-electron chi connectivity index (χ2n) is 5.56. The fourth-order valence-corrected chi connectivity index (χ4v) is 1.99. The lowest BCUT2D eigenvalue weighted by Crippen LogP contribution is -2.50. The summed E-state index contributed by atoms with van der Waals surface area (Å²) in [5.74, 6) is -0.963. The number of nitrogens with one attached hydrogen (secondary N) is 2. The van der Waals surface area contributed by atoms with Crippen LogP contribution in [0.5, 0.6) is 0 Å². The van der Waals surface area contributed by atoms with Crippen molar-refractivity contribution in [3.8, 4) is 0 Å². The molecule has 0 aromatic rings. The van der Waals surface area contributed by atoms with Crippen molar-refractivity contribution in [1.82, 2.24) is 10.6 Å². The van der Waals surface area contributed by atoms with Crippen LogP contribution in [0.2, 0.25) is 0 Å². The van der Waals surface area contributed by atoms with Crippen molar-refractivity contribution < 1.29 is 19.4 Å². The quantitative estimate of drug-likeness (QED) is 0.702. The molecule has 0 bridgehead atoms. The van der Waals surface area contributed by atoms with Crippen molar-refractivity contribution >= 4 is 12.1 Å². The van der Waals surface area contributed by atoms with E-state index in [0.717, 1.165) is 12.8 Å². The van der Waals surface area contributed by atoms with Crippen molar-refractivity contribution in [2.24, 2.45) is 5.92 Å². The number of carbonyl (C=O) groups is 2. The molecule has 3 N–H and O–H groups in total. The maximum Gasteiger partial charge on any atom is 0.407 e. The SMILES string of the molecule is CC(C)(C)OC(=O)NCC1CCCNC1C(=O)O. The van der Waals surface area contributed by atoms with E-state index in [2.05, 4.69) is 10.6 Å². The third kappa shape index (κ3) is 4.91.